The molecule has 3 rings (SSSR count). The molecule has 0 unspecified atom stereocenters. The average Bonchev–Trinajstić information content (AvgIpc) is 3.12. The molecule has 0 bridgehead atoms. The van der Waals surface area contributed by atoms with E-state index in [1.54, 1.807) is 25.2 Å². The van der Waals surface area contributed by atoms with Crippen molar-refractivity contribution in [3.63, 3.8) is 0 Å². The highest BCUT2D eigenvalue weighted by molar-refractivity contribution is 7.80. The quantitative estimate of drug-likeness (QED) is 0.379. The monoisotopic (exact) mass is 448 g/mol. The number of hydrogen-bond acceptors (Lipinski definition) is 5. The van der Waals surface area contributed by atoms with Crippen LogP contribution in [0.15, 0.2) is 23.9 Å². The highest BCUT2D eigenvalue weighted by atomic mass is 35.5. The van der Waals surface area contributed by atoms with Gasteiger partial charge in [0.05, 0.1) is 30.1 Å². The largest absolute Gasteiger partial charge is 0.496 e. The molecule has 1 amide bonds. The standard InChI is InChI=1S/C21H25ClN4O3S/c1-13-19(22)14(2)26(24-13)12-16-10-15(6-7-18(16)29-4)11-17-20(27)25(21(30)23-17)8-5-9-28-3/h6-7,10-11H,5,8-9,12H2,1-4H3,(H,23,30)/b17-11+. The first kappa shape index (κ1) is 22.3. The lowest BCUT2D eigenvalue weighted by Crippen LogP contribution is -2.32. The summed E-state index contributed by atoms with van der Waals surface area (Å²) in [7, 11) is 3.26. The number of nitrogens with zero attached hydrogens (tertiary/aromatic N) is 3. The molecule has 9 heteroatoms. The summed E-state index contributed by atoms with van der Waals surface area (Å²) in [6, 6.07) is 5.75. The molecule has 30 heavy (non-hydrogen) atoms. The second-order valence-corrected chi connectivity index (χ2v) is 7.77. The Morgan fingerprint density at radius 1 is 1.30 bits per heavy atom. The van der Waals surface area contributed by atoms with Crippen molar-refractivity contribution in [3.8, 4) is 5.75 Å². The van der Waals surface area contributed by atoms with Crippen LogP contribution in [0.5, 0.6) is 5.75 Å². The lowest BCUT2D eigenvalue weighted by atomic mass is 10.1. The number of nitrogens with one attached hydrogen (secondary N) is 1. The fraction of sp³-hybridized carbons (Fsp3) is 0.381. The summed E-state index contributed by atoms with van der Waals surface area (Å²) < 4.78 is 12.4. The summed E-state index contributed by atoms with van der Waals surface area (Å²) in [5, 5.41) is 8.58. The normalized spacial score (nSPS) is 15.2. The van der Waals surface area contributed by atoms with E-state index in [0.717, 1.165) is 34.7 Å². The van der Waals surface area contributed by atoms with Gasteiger partial charge in [0.1, 0.15) is 11.4 Å². The molecule has 1 aromatic carbocycles. The Hall–Kier alpha value is -2.42. The van der Waals surface area contributed by atoms with Crippen molar-refractivity contribution in [2.24, 2.45) is 0 Å². The fourth-order valence-electron chi connectivity index (χ4n) is 3.31. The number of ether oxygens (including phenoxy) is 2. The molecule has 0 radical (unpaired) electrons. The van der Waals surface area contributed by atoms with Gasteiger partial charge in [-0.1, -0.05) is 17.7 Å². The van der Waals surface area contributed by atoms with E-state index in [-0.39, 0.29) is 5.91 Å². The highest BCUT2D eigenvalue weighted by Crippen LogP contribution is 2.26. The molecule has 1 aliphatic rings. The summed E-state index contributed by atoms with van der Waals surface area (Å²) in [5.74, 6) is 0.599. The third kappa shape index (κ3) is 4.66. The first-order valence-corrected chi connectivity index (χ1v) is 10.3. The van der Waals surface area contributed by atoms with Crippen molar-refractivity contribution in [3.05, 3.63) is 51.4 Å². The molecule has 0 saturated carbocycles. The lowest BCUT2D eigenvalue weighted by Gasteiger charge is -2.13. The summed E-state index contributed by atoms with van der Waals surface area (Å²) in [6.45, 7) is 5.40. The van der Waals surface area contributed by atoms with E-state index in [1.807, 2.05) is 36.7 Å². The number of thiocarbonyl (C=S) groups is 1. The van der Waals surface area contributed by atoms with Gasteiger partial charge in [-0.2, -0.15) is 5.10 Å². The van der Waals surface area contributed by atoms with E-state index >= 15 is 0 Å². The SMILES string of the molecule is COCCCN1C(=O)/C(=C\c2ccc(OC)c(Cn3nc(C)c(Cl)c3C)c2)NC1=S. The molecule has 1 aromatic heterocycles. The average molecular weight is 449 g/mol. The summed E-state index contributed by atoms with van der Waals surface area (Å²) in [5.41, 5.74) is 3.91. The molecule has 7 nitrogen and oxygen atoms in total. The van der Waals surface area contributed by atoms with Crippen LogP contribution in [0.4, 0.5) is 0 Å². The zero-order valence-electron chi connectivity index (χ0n) is 17.5. The van der Waals surface area contributed by atoms with Crippen LogP contribution in [-0.4, -0.2) is 53.1 Å². The maximum atomic E-state index is 12.7. The minimum atomic E-state index is -0.140. The Morgan fingerprint density at radius 2 is 2.07 bits per heavy atom. The second kappa shape index (κ2) is 9.59. The van der Waals surface area contributed by atoms with E-state index in [0.29, 0.717) is 35.5 Å². The third-order valence-electron chi connectivity index (χ3n) is 4.92. The van der Waals surface area contributed by atoms with Gasteiger partial charge in [-0.25, -0.2) is 0 Å². The van der Waals surface area contributed by atoms with Crippen LogP contribution in [0.25, 0.3) is 6.08 Å². The number of rotatable bonds is 8. The summed E-state index contributed by atoms with van der Waals surface area (Å²) in [6.07, 6.45) is 2.51. The third-order valence-corrected chi connectivity index (χ3v) is 5.79. The van der Waals surface area contributed by atoms with E-state index in [2.05, 4.69) is 10.4 Å². The van der Waals surface area contributed by atoms with Crippen LogP contribution in [0, 0.1) is 13.8 Å². The van der Waals surface area contributed by atoms with Crippen LogP contribution in [-0.2, 0) is 16.1 Å². The van der Waals surface area contributed by atoms with Crippen molar-refractivity contribution >= 4 is 40.9 Å². The predicted octanol–water partition coefficient (Wildman–Crippen LogP) is 3.30. The van der Waals surface area contributed by atoms with Gasteiger partial charge in [-0.05, 0) is 56.3 Å². The van der Waals surface area contributed by atoms with Crippen LogP contribution in [0.1, 0.15) is 28.9 Å². The van der Waals surface area contributed by atoms with Crippen molar-refractivity contribution < 1.29 is 14.3 Å². The van der Waals surface area contributed by atoms with E-state index in [9.17, 15) is 4.79 Å². The number of carbonyl (C=O) groups is 1. The van der Waals surface area contributed by atoms with Gasteiger partial charge < -0.3 is 14.8 Å². The van der Waals surface area contributed by atoms with Gasteiger partial charge in [0.15, 0.2) is 5.11 Å². The highest BCUT2D eigenvalue weighted by Gasteiger charge is 2.30. The number of hydrogen-bond donors (Lipinski definition) is 1. The second-order valence-electron chi connectivity index (χ2n) is 7.01. The van der Waals surface area contributed by atoms with Crippen molar-refractivity contribution in [2.45, 2.75) is 26.8 Å². The number of amides is 1. The van der Waals surface area contributed by atoms with Crippen LogP contribution >= 0.6 is 23.8 Å². The molecule has 1 aliphatic heterocycles. The van der Waals surface area contributed by atoms with E-state index in [4.69, 9.17) is 33.3 Å². The zero-order chi connectivity index (χ0) is 21.8. The molecule has 2 heterocycles. The van der Waals surface area contributed by atoms with Crippen LogP contribution in [0.3, 0.4) is 0 Å². The fourth-order valence-corrected chi connectivity index (χ4v) is 3.73. The first-order chi connectivity index (χ1) is 14.3. The molecule has 1 N–H and O–H groups in total. The van der Waals surface area contributed by atoms with E-state index < -0.39 is 0 Å². The molecule has 0 atom stereocenters. The zero-order valence-corrected chi connectivity index (χ0v) is 19.1. The van der Waals surface area contributed by atoms with Gasteiger partial charge in [-0.15, -0.1) is 0 Å². The maximum absolute atomic E-state index is 12.7. The van der Waals surface area contributed by atoms with Gasteiger partial charge in [-0.3, -0.25) is 14.4 Å². The van der Waals surface area contributed by atoms with Crippen LogP contribution in [0.2, 0.25) is 5.02 Å². The molecule has 1 saturated heterocycles. The Bertz CT molecular complexity index is 1000. The van der Waals surface area contributed by atoms with Gasteiger partial charge >= 0.3 is 0 Å². The number of aromatic nitrogens is 2. The molecule has 0 spiro atoms. The number of halogens is 1. The van der Waals surface area contributed by atoms with Crippen molar-refractivity contribution in [1.29, 1.82) is 0 Å². The predicted molar refractivity (Wildman–Crippen MR) is 121 cm³/mol. The smallest absolute Gasteiger partial charge is 0.276 e. The summed E-state index contributed by atoms with van der Waals surface area (Å²) in [4.78, 5) is 14.3. The first-order valence-electron chi connectivity index (χ1n) is 9.55. The van der Waals surface area contributed by atoms with Crippen molar-refractivity contribution in [2.75, 3.05) is 27.4 Å². The molecule has 0 aliphatic carbocycles. The molecular weight excluding hydrogens is 424 g/mol. The Balaban J connectivity index is 1.85. The molecule has 2 aromatic rings. The Labute approximate surface area is 186 Å². The maximum Gasteiger partial charge on any atom is 0.276 e. The van der Waals surface area contributed by atoms with Gasteiger partial charge in [0.25, 0.3) is 5.91 Å². The van der Waals surface area contributed by atoms with Crippen molar-refractivity contribution in [1.82, 2.24) is 20.0 Å². The molecule has 1 fully saturated rings. The number of benzene rings is 1. The lowest BCUT2D eigenvalue weighted by molar-refractivity contribution is -0.122. The Morgan fingerprint density at radius 3 is 2.70 bits per heavy atom. The van der Waals surface area contributed by atoms with Gasteiger partial charge in [0, 0.05) is 25.8 Å². The summed E-state index contributed by atoms with van der Waals surface area (Å²) >= 11 is 11.6. The minimum absolute atomic E-state index is 0.140. The number of aryl methyl sites for hydroxylation is 1. The number of methoxy groups -OCH3 is 2. The van der Waals surface area contributed by atoms with Gasteiger partial charge in [0.2, 0.25) is 0 Å². The minimum Gasteiger partial charge on any atom is -0.496 e. The van der Waals surface area contributed by atoms with Crippen LogP contribution < -0.4 is 10.1 Å². The topological polar surface area (TPSA) is 68.6 Å². The number of carbonyl (C=O) groups excluding carboxylic acids is 1. The van der Waals surface area contributed by atoms with E-state index in [1.165, 1.54) is 0 Å². The Kier molecular flexibility index (Phi) is 7.12. The molecular formula is C21H25ClN4O3S. The molecule has 160 valence electrons.